The molecule has 2 aromatic rings. The Labute approximate surface area is 328 Å². The van der Waals surface area contributed by atoms with Crippen molar-refractivity contribution >= 4 is 5.78 Å². The van der Waals surface area contributed by atoms with Crippen LogP contribution in [-0.4, -0.2) is 75.2 Å². The zero-order valence-corrected chi connectivity index (χ0v) is 33.1. The van der Waals surface area contributed by atoms with Gasteiger partial charge in [0.2, 0.25) is 0 Å². The fourth-order valence-electron chi connectivity index (χ4n) is 16.2. The van der Waals surface area contributed by atoms with Gasteiger partial charge in [0, 0.05) is 47.0 Å². The summed E-state index contributed by atoms with van der Waals surface area (Å²) in [5.41, 5.74) is 1.34. The number of nitrogens with zero attached hydrogens (tertiary/aromatic N) is 1. The minimum Gasteiger partial charge on any atom is -0.394 e. The van der Waals surface area contributed by atoms with Crippen LogP contribution >= 0.6 is 0 Å². The lowest BCUT2D eigenvalue weighted by atomic mass is 9.32. The summed E-state index contributed by atoms with van der Waals surface area (Å²) in [6, 6.07) is 18.3. The SMILES string of the molecule is CC12CCC(O)CC13C=CC1(C(C(=O)c4ccccc4-c4ccccc4)=C3)C2CCC2(C)C1CCC2(O)CN(CC(O)CO)CC12CC3CC(CC(C3)C1)C2. The Morgan fingerprint density at radius 2 is 1.44 bits per heavy atom. The van der Waals surface area contributed by atoms with Crippen molar-refractivity contribution in [3.8, 4) is 11.1 Å². The Bertz CT molecular complexity index is 1870. The van der Waals surface area contributed by atoms with E-state index in [2.05, 4.69) is 55.2 Å². The van der Waals surface area contributed by atoms with E-state index in [1.165, 1.54) is 38.5 Å². The first-order valence-electron chi connectivity index (χ1n) is 21.9. The number of hydrogen-bond donors (Lipinski definition) is 4. The predicted molar refractivity (Wildman–Crippen MR) is 215 cm³/mol. The lowest BCUT2D eigenvalue weighted by Gasteiger charge is -2.71. The van der Waals surface area contributed by atoms with Crippen LogP contribution in [0.5, 0.6) is 0 Å². The van der Waals surface area contributed by atoms with Gasteiger partial charge in [0.25, 0.3) is 0 Å². The van der Waals surface area contributed by atoms with Gasteiger partial charge in [-0.15, -0.1) is 0 Å². The Kier molecular flexibility index (Phi) is 8.47. The number of rotatable bonds is 10. The van der Waals surface area contributed by atoms with Crippen molar-refractivity contribution in [3.05, 3.63) is 84.0 Å². The smallest absolute Gasteiger partial charge is 0.190 e. The third-order valence-corrected chi connectivity index (χ3v) is 18.1. The molecular formula is C49H63NO5. The van der Waals surface area contributed by atoms with E-state index in [0.717, 1.165) is 78.7 Å². The van der Waals surface area contributed by atoms with Gasteiger partial charge in [-0.25, -0.2) is 0 Å². The van der Waals surface area contributed by atoms with Gasteiger partial charge in [0.05, 0.1) is 24.4 Å². The molecule has 0 aromatic heterocycles. The summed E-state index contributed by atoms with van der Waals surface area (Å²) in [5.74, 6) is 2.82. The van der Waals surface area contributed by atoms with Crippen molar-refractivity contribution in [1.82, 2.24) is 4.90 Å². The average molecular weight is 746 g/mol. The fraction of sp³-hybridized carbons (Fsp3) is 0.653. The second-order valence-electron chi connectivity index (χ2n) is 21.0. The molecule has 0 heterocycles. The lowest BCUT2D eigenvalue weighted by Crippen LogP contribution is -2.67. The van der Waals surface area contributed by atoms with Gasteiger partial charge in [0.1, 0.15) is 0 Å². The molecule has 6 bridgehead atoms. The van der Waals surface area contributed by atoms with Crippen LogP contribution in [0, 0.1) is 56.7 Å². The van der Waals surface area contributed by atoms with Crippen LogP contribution in [0.2, 0.25) is 0 Å². The van der Waals surface area contributed by atoms with Crippen molar-refractivity contribution in [2.45, 2.75) is 115 Å². The van der Waals surface area contributed by atoms with Crippen LogP contribution in [0.3, 0.4) is 0 Å². The van der Waals surface area contributed by atoms with Crippen molar-refractivity contribution in [2.24, 2.45) is 56.7 Å². The third-order valence-electron chi connectivity index (χ3n) is 18.1. The average Bonchev–Trinajstić information content (AvgIpc) is 3.43. The van der Waals surface area contributed by atoms with Crippen LogP contribution in [0.25, 0.3) is 11.1 Å². The molecule has 294 valence electrons. The normalized spacial score (nSPS) is 45.3. The molecule has 10 aliphatic carbocycles. The minimum atomic E-state index is -1.01. The monoisotopic (exact) mass is 745 g/mol. The second-order valence-corrected chi connectivity index (χ2v) is 21.0. The Balaban J connectivity index is 1.04. The molecule has 9 unspecified atom stereocenters. The highest BCUT2D eigenvalue weighted by Crippen LogP contribution is 2.78. The topological polar surface area (TPSA) is 101 Å². The molecule has 0 saturated heterocycles. The van der Waals surface area contributed by atoms with E-state index in [9.17, 15) is 20.4 Å². The first-order valence-corrected chi connectivity index (χ1v) is 21.9. The molecule has 12 rings (SSSR count). The zero-order chi connectivity index (χ0) is 38.0. The maximum Gasteiger partial charge on any atom is 0.190 e. The number of carbonyl (C=O) groups is 1. The van der Waals surface area contributed by atoms with E-state index in [1.807, 2.05) is 36.4 Å². The number of allylic oxidation sites excluding steroid dienone is 4. The number of benzene rings is 2. The number of aliphatic hydroxyl groups is 4. The first-order chi connectivity index (χ1) is 26.3. The summed E-state index contributed by atoms with van der Waals surface area (Å²) < 4.78 is 0. The first kappa shape index (κ1) is 36.7. The molecule has 0 radical (unpaired) electrons. The molecule has 6 heteroatoms. The quantitative estimate of drug-likeness (QED) is 0.145. The van der Waals surface area contributed by atoms with Gasteiger partial charge in [-0.1, -0.05) is 86.7 Å². The number of aliphatic hydroxyl groups excluding tert-OH is 3. The van der Waals surface area contributed by atoms with Crippen LogP contribution < -0.4 is 0 Å². The van der Waals surface area contributed by atoms with Crippen LogP contribution in [0.15, 0.2) is 78.4 Å². The summed E-state index contributed by atoms with van der Waals surface area (Å²) in [6.07, 6.45) is 19.5. The molecule has 7 fully saturated rings. The molecule has 7 saturated carbocycles. The molecule has 6 nitrogen and oxygen atoms in total. The molecule has 4 N–H and O–H groups in total. The van der Waals surface area contributed by atoms with Gasteiger partial charge < -0.3 is 20.4 Å². The summed E-state index contributed by atoms with van der Waals surface area (Å²) in [4.78, 5) is 17.9. The number of hydrogen-bond acceptors (Lipinski definition) is 6. The van der Waals surface area contributed by atoms with Gasteiger partial charge >= 0.3 is 0 Å². The van der Waals surface area contributed by atoms with E-state index in [1.54, 1.807) is 0 Å². The molecule has 0 amide bonds. The fourth-order valence-corrected chi connectivity index (χ4v) is 16.2. The maximum absolute atomic E-state index is 15.5. The summed E-state index contributed by atoms with van der Waals surface area (Å²) >= 11 is 0. The molecule has 55 heavy (non-hydrogen) atoms. The lowest BCUT2D eigenvalue weighted by molar-refractivity contribution is -0.179. The van der Waals surface area contributed by atoms with Crippen LogP contribution in [0.4, 0.5) is 0 Å². The highest BCUT2D eigenvalue weighted by Gasteiger charge is 2.74. The molecule has 0 aliphatic heterocycles. The Hall–Kier alpha value is -2.61. The molecule has 2 spiro atoms. The summed E-state index contributed by atoms with van der Waals surface area (Å²) in [6.45, 7) is 6.25. The zero-order valence-electron chi connectivity index (χ0n) is 33.1. The van der Waals surface area contributed by atoms with Gasteiger partial charge in [-0.3, -0.25) is 9.69 Å². The number of Topliss-reactive ketones (excluding diaryl/α,β-unsaturated/α-hetero) is 1. The standard InChI is InChI=1S/C49H63NO5/c1-44-15-12-36(52)26-47(44)18-19-49(40(27-47)43(54)39-11-7-6-10-38(39)35-8-4-3-5-9-35)41(44)13-16-45(2)42(49)14-17-48(45,55)31-50(28-37(53)29-51)30-46-23-32-20-33(24-46)22-34(21-32)25-46/h3-11,18-19,27,32-34,36-37,41-42,51-53,55H,12-17,20-26,28-31H2,1-2H3. The van der Waals surface area contributed by atoms with Gasteiger partial charge in [0.15, 0.2) is 5.78 Å². The minimum absolute atomic E-state index is 0.0604. The number of fused-ring (bicyclic) bond motifs is 1. The summed E-state index contributed by atoms with van der Waals surface area (Å²) in [7, 11) is 0. The van der Waals surface area contributed by atoms with E-state index >= 15 is 4.79 Å². The largest absolute Gasteiger partial charge is 0.394 e. The van der Waals surface area contributed by atoms with Crippen molar-refractivity contribution in [1.29, 1.82) is 0 Å². The number of carbonyl (C=O) groups excluding carboxylic acids is 1. The van der Waals surface area contributed by atoms with E-state index < -0.39 is 28.6 Å². The highest BCUT2D eigenvalue weighted by molar-refractivity contribution is 6.14. The number of ketones is 1. The molecular weight excluding hydrogens is 683 g/mol. The molecule has 9 atom stereocenters. The van der Waals surface area contributed by atoms with E-state index in [4.69, 9.17) is 0 Å². The Morgan fingerprint density at radius 1 is 0.800 bits per heavy atom. The second kappa shape index (κ2) is 12.7. The predicted octanol–water partition coefficient (Wildman–Crippen LogP) is 8.00. The van der Waals surface area contributed by atoms with Crippen molar-refractivity contribution in [2.75, 3.05) is 26.2 Å². The molecule has 2 aromatic carbocycles. The van der Waals surface area contributed by atoms with E-state index in [0.29, 0.717) is 25.9 Å². The maximum atomic E-state index is 15.5. The van der Waals surface area contributed by atoms with Crippen LogP contribution in [-0.2, 0) is 0 Å². The van der Waals surface area contributed by atoms with Crippen LogP contribution in [0.1, 0.15) is 108 Å². The van der Waals surface area contributed by atoms with Crippen molar-refractivity contribution < 1.29 is 25.2 Å². The third kappa shape index (κ3) is 5.26. The van der Waals surface area contributed by atoms with Crippen molar-refractivity contribution in [3.63, 3.8) is 0 Å². The van der Waals surface area contributed by atoms with Gasteiger partial charge in [-0.2, -0.15) is 0 Å². The van der Waals surface area contributed by atoms with E-state index in [-0.39, 0.29) is 40.5 Å². The van der Waals surface area contributed by atoms with Gasteiger partial charge in [-0.05, 0) is 135 Å². The molecule has 10 aliphatic rings. The summed E-state index contributed by atoms with van der Waals surface area (Å²) in [5, 5.41) is 45.6. The highest BCUT2D eigenvalue weighted by atomic mass is 16.3. The Morgan fingerprint density at radius 3 is 2.15 bits per heavy atom.